The van der Waals surface area contributed by atoms with Gasteiger partial charge in [0.1, 0.15) is 6.61 Å². The minimum atomic E-state index is -0.283. The van der Waals surface area contributed by atoms with E-state index in [4.69, 9.17) is 9.47 Å². The van der Waals surface area contributed by atoms with Crippen molar-refractivity contribution < 1.29 is 19.1 Å². The molecule has 1 heterocycles. The van der Waals surface area contributed by atoms with Crippen molar-refractivity contribution in [2.75, 3.05) is 12.4 Å². The fourth-order valence-corrected chi connectivity index (χ4v) is 3.34. The molecule has 0 radical (unpaired) electrons. The van der Waals surface area contributed by atoms with Crippen LogP contribution in [0.25, 0.3) is 0 Å². The molecule has 154 valence electrons. The molecule has 0 atom stereocenters. The number of rotatable bonds is 8. The van der Waals surface area contributed by atoms with Crippen molar-refractivity contribution in [3.8, 4) is 11.5 Å². The van der Waals surface area contributed by atoms with E-state index < -0.39 is 0 Å². The van der Waals surface area contributed by atoms with E-state index >= 15 is 0 Å². The number of amides is 2. The van der Waals surface area contributed by atoms with Crippen molar-refractivity contribution in [2.45, 2.75) is 25.5 Å². The van der Waals surface area contributed by atoms with Gasteiger partial charge in [-0.1, -0.05) is 0 Å². The largest absolute Gasteiger partial charge is 0.493 e. The normalized spacial score (nSPS) is 12.8. The van der Waals surface area contributed by atoms with E-state index in [2.05, 4.69) is 15.6 Å². The number of carbonyl (C=O) groups excluding carboxylic acids is 2. The Balaban J connectivity index is 1.39. The van der Waals surface area contributed by atoms with Crippen LogP contribution in [0.2, 0.25) is 0 Å². The molecular weight excluding hydrogens is 402 g/mol. The van der Waals surface area contributed by atoms with Crippen LogP contribution in [0, 0.1) is 0 Å². The molecule has 8 heteroatoms. The minimum absolute atomic E-state index is 0.0895. The first-order valence-electron chi connectivity index (χ1n) is 9.52. The Morgan fingerprint density at radius 2 is 1.83 bits per heavy atom. The highest BCUT2D eigenvalue weighted by molar-refractivity contribution is 7.07. The van der Waals surface area contributed by atoms with Crippen LogP contribution in [0.4, 0.5) is 5.69 Å². The second-order valence-corrected chi connectivity index (χ2v) is 7.63. The second-order valence-electron chi connectivity index (χ2n) is 6.91. The summed E-state index contributed by atoms with van der Waals surface area (Å²) in [4.78, 5) is 28.8. The molecule has 7 nitrogen and oxygen atoms in total. The summed E-state index contributed by atoms with van der Waals surface area (Å²) in [6.07, 6.45) is 2.08. The maximum Gasteiger partial charge on any atom is 0.255 e. The predicted octanol–water partition coefficient (Wildman–Crippen LogP) is 3.88. The summed E-state index contributed by atoms with van der Waals surface area (Å²) in [5.74, 6) is 0.626. The average molecular weight is 423 g/mol. The van der Waals surface area contributed by atoms with E-state index in [1.165, 1.54) is 18.4 Å². The number of hydrogen-bond donors (Lipinski definition) is 2. The van der Waals surface area contributed by atoms with Gasteiger partial charge < -0.3 is 20.1 Å². The first kappa shape index (κ1) is 19.9. The fraction of sp³-hybridized carbons (Fsp3) is 0.227. The molecule has 1 fully saturated rings. The monoisotopic (exact) mass is 423 g/mol. The van der Waals surface area contributed by atoms with Crippen molar-refractivity contribution in [3.63, 3.8) is 0 Å². The number of hydrogen-bond acceptors (Lipinski definition) is 6. The van der Waals surface area contributed by atoms with Gasteiger partial charge >= 0.3 is 0 Å². The molecule has 0 saturated heterocycles. The van der Waals surface area contributed by atoms with Gasteiger partial charge in [-0.2, -0.15) is 0 Å². The number of benzene rings is 2. The third-order valence-corrected chi connectivity index (χ3v) is 5.24. The van der Waals surface area contributed by atoms with Crippen LogP contribution in [0.5, 0.6) is 11.5 Å². The zero-order chi connectivity index (χ0) is 20.9. The topological polar surface area (TPSA) is 89.5 Å². The number of nitrogens with zero attached hydrogens (tertiary/aromatic N) is 1. The van der Waals surface area contributed by atoms with Crippen LogP contribution in [-0.2, 0) is 6.61 Å². The molecule has 30 heavy (non-hydrogen) atoms. The van der Waals surface area contributed by atoms with Gasteiger partial charge in [-0.15, -0.1) is 11.3 Å². The molecule has 4 rings (SSSR count). The highest BCUT2D eigenvalue weighted by atomic mass is 32.1. The summed E-state index contributed by atoms with van der Waals surface area (Å²) in [6, 6.07) is 12.1. The van der Waals surface area contributed by atoms with Crippen molar-refractivity contribution in [3.05, 3.63) is 70.2 Å². The molecule has 0 unspecified atom stereocenters. The highest BCUT2D eigenvalue weighted by Crippen LogP contribution is 2.29. The lowest BCUT2D eigenvalue weighted by Gasteiger charge is -2.12. The van der Waals surface area contributed by atoms with Crippen LogP contribution >= 0.6 is 11.3 Å². The Kier molecular flexibility index (Phi) is 5.94. The molecule has 2 amide bonds. The lowest BCUT2D eigenvalue weighted by Crippen LogP contribution is -2.25. The van der Waals surface area contributed by atoms with E-state index in [0.717, 1.165) is 18.5 Å². The maximum atomic E-state index is 12.6. The summed E-state index contributed by atoms with van der Waals surface area (Å²) in [6.45, 7) is 0.325. The second kappa shape index (κ2) is 8.96. The van der Waals surface area contributed by atoms with Gasteiger partial charge in [0.15, 0.2) is 11.5 Å². The van der Waals surface area contributed by atoms with Crippen LogP contribution < -0.4 is 20.1 Å². The number of nitrogens with one attached hydrogen (secondary N) is 2. The molecular formula is C22H21N3O4S. The van der Waals surface area contributed by atoms with E-state index in [1.807, 2.05) is 5.38 Å². The summed E-state index contributed by atoms with van der Waals surface area (Å²) in [5.41, 5.74) is 4.19. The first-order valence-corrected chi connectivity index (χ1v) is 10.5. The number of methoxy groups -OCH3 is 1. The van der Waals surface area contributed by atoms with Gasteiger partial charge in [0, 0.05) is 28.2 Å². The fourth-order valence-electron chi connectivity index (χ4n) is 2.79. The number of thiazole rings is 1. The molecule has 1 aliphatic carbocycles. The van der Waals surface area contributed by atoms with E-state index in [1.54, 1.807) is 48.0 Å². The first-order chi connectivity index (χ1) is 14.6. The Labute approximate surface area is 178 Å². The minimum Gasteiger partial charge on any atom is -0.493 e. The lowest BCUT2D eigenvalue weighted by atomic mass is 10.1. The Morgan fingerprint density at radius 3 is 2.50 bits per heavy atom. The lowest BCUT2D eigenvalue weighted by molar-refractivity contribution is 0.0950. The van der Waals surface area contributed by atoms with Gasteiger partial charge in [0.2, 0.25) is 0 Å². The van der Waals surface area contributed by atoms with Gasteiger partial charge in [-0.05, 0) is 55.3 Å². The molecule has 1 aliphatic rings. The summed E-state index contributed by atoms with van der Waals surface area (Å²) in [5, 5.41) is 7.68. The third-order valence-electron chi connectivity index (χ3n) is 4.60. The van der Waals surface area contributed by atoms with Crippen LogP contribution in [0.15, 0.2) is 53.4 Å². The standard InChI is InChI=1S/C22H21N3O4S/c1-28-20-10-15(4-9-19(20)29-11-18-12-30-13-23-18)22(27)25-16-5-2-14(3-6-16)21(26)24-17-7-8-17/h2-6,9-10,12-13,17H,7-8,11H2,1H3,(H,24,26)(H,25,27). The molecule has 0 spiro atoms. The van der Waals surface area contributed by atoms with Gasteiger partial charge in [-0.25, -0.2) is 4.98 Å². The average Bonchev–Trinajstić information content (AvgIpc) is 3.42. The number of ether oxygens (including phenoxy) is 2. The Morgan fingerprint density at radius 1 is 1.07 bits per heavy atom. The van der Waals surface area contributed by atoms with Crippen LogP contribution in [0.1, 0.15) is 39.3 Å². The summed E-state index contributed by atoms with van der Waals surface area (Å²) < 4.78 is 11.1. The maximum absolute atomic E-state index is 12.6. The Hall–Kier alpha value is -3.39. The zero-order valence-electron chi connectivity index (χ0n) is 16.4. The quantitative estimate of drug-likeness (QED) is 0.574. The third kappa shape index (κ3) is 4.96. The van der Waals surface area contributed by atoms with Gasteiger partial charge in [0.25, 0.3) is 11.8 Å². The van der Waals surface area contributed by atoms with Crippen LogP contribution in [0.3, 0.4) is 0 Å². The highest BCUT2D eigenvalue weighted by Gasteiger charge is 2.23. The predicted molar refractivity (Wildman–Crippen MR) is 114 cm³/mol. The van der Waals surface area contributed by atoms with E-state index in [-0.39, 0.29) is 11.8 Å². The number of aromatic nitrogens is 1. The number of anilines is 1. The molecule has 1 saturated carbocycles. The summed E-state index contributed by atoms with van der Waals surface area (Å²) >= 11 is 1.50. The van der Waals surface area contributed by atoms with Crippen molar-refractivity contribution in [1.82, 2.24) is 10.3 Å². The SMILES string of the molecule is COc1cc(C(=O)Nc2ccc(C(=O)NC3CC3)cc2)ccc1OCc1cscn1. The van der Waals surface area contributed by atoms with Gasteiger partial charge in [-0.3, -0.25) is 9.59 Å². The molecule has 2 N–H and O–H groups in total. The zero-order valence-corrected chi connectivity index (χ0v) is 17.2. The molecule has 1 aromatic heterocycles. The smallest absolute Gasteiger partial charge is 0.255 e. The van der Waals surface area contributed by atoms with E-state index in [9.17, 15) is 9.59 Å². The van der Waals surface area contributed by atoms with Crippen molar-refractivity contribution in [2.24, 2.45) is 0 Å². The molecule has 3 aromatic rings. The van der Waals surface area contributed by atoms with Crippen molar-refractivity contribution >= 4 is 28.8 Å². The summed E-state index contributed by atoms with van der Waals surface area (Å²) in [7, 11) is 1.53. The van der Waals surface area contributed by atoms with Crippen LogP contribution in [-0.4, -0.2) is 29.9 Å². The molecule has 2 aromatic carbocycles. The number of carbonyl (C=O) groups is 2. The van der Waals surface area contributed by atoms with E-state index in [0.29, 0.717) is 41.0 Å². The Bertz CT molecular complexity index is 1030. The van der Waals surface area contributed by atoms with Gasteiger partial charge in [0.05, 0.1) is 18.3 Å². The molecule has 0 bridgehead atoms. The van der Waals surface area contributed by atoms with Crippen molar-refractivity contribution in [1.29, 1.82) is 0 Å². The molecule has 0 aliphatic heterocycles.